The highest BCUT2D eigenvalue weighted by atomic mass is 35.5. The summed E-state index contributed by atoms with van der Waals surface area (Å²) in [5, 5.41) is 1.13. The Balaban J connectivity index is 0. The minimum absolute atomic E-state index is 0. The summed E-state index contributed by atoms with van der Waals surface area (Å²) >= 11 is 1.70. The lowest BCUT2D eigenvalue weighted by atomic mass is 10.6. The first kappa shape index (κ1) is 13.7. The zero-order valence-corrected chi connectivity index (χ0v) is 9.26. The van der Waals surface area contributed by atoms with Gasteiger partial charge in [0, 0.05) is 20.1 Å². The van der Waals surface area contributed by atoms with Crippen LogP contribution >= 0.6 is 24.2 Å². The van der Waals surface area contributed by atoms with Gasteiger partial charge >= 0.3 is 0 Å². The number of aliphatic imine (C=N–C) groups is 1. The molecule has 0 amide bonds. The number of hydrogen-bond acceptors (Lipinski definition) is 2. The summed E-state index contributed by atoms with van der Waals surface area (Å²) in [6.07, 6.45) is 2.06. The minimum Gasteiger partial charge on any atom is -0.352 e. The molecule has 0 spiro atoms. The van der Waals surface area contributed by atoms with E-state index >= 15 is 0 Å². The molecule has 2 nitrogen and oxygen atoms in total. The van der Waals surface area contributed by atoms with Crippen LogP contribution < -0.4 is 0 Å². The predicted molar refractivity (Wildman–Crippen MR) is 57.0 cm³/mol. The van der Waals surface area contributed by atoms with Crippen LogP contribution in [-0.4, -0.2) is 36.5 Å². The van der Waals surface area contributed by atoms with Crippen molar-refractivity contribution in [3.63, 3.8) is 0 Å². The highest BCUT2D eigenvalue weighted by Gasteiger charge is 2.02. The van der Waals surface area contributed by atoms with Gasteiger partial charge in [0.15, 0.2) is 5.17 Å². The second-order valence-corrected chi connectivity index (χ2v) is 2.66. The van der Waals surface area contributed by atoms with Crippen molar-refractivity contribution >= 4 is 29.3 Å². The van der Waals surface area contributed by atoms with Crippen molar-refractivity contribution in [3.8, 4) is 0 Å². The molecule has 0 N–H and O–H groups in total. The third-order valence-electron chi connectivity index (χ3n) is 1.41. The number of amidine groups is 1. The van der Waals surface area contributed by atoms with Crippen molar-refractivity contribution < 1.29 is 0 Å². The SMILES string of the molecule is CCN(CC)C(=NC)SC.Cl. The molecule has 0 fully saturated rings. The lowest BCUT2D eigenvalue weighted by Crippen LogP contribution is -2.27. The molecule has 0 saturated heterocycles. The summed E-state index contributed by atoms with van der Waals surface area (Å²) in [4.78, 5) is 6.39. The van der Waals surface area contributed by atoms with Crippen molar-refractivity contribution in [2.45, 2.75) is 13.8 Å². The van der Waals surface area contributed by atoms with Gasteiger partial charge in [-0.25, -0.2) is 0 Å². The molecule has 0 aliphatic rings. The van der Waals surface area contributed by atoms with Gasteiger partial charge in [0.25, 0.3) is 0 Å². The van der Waals surface area contributed by atoms with E-state index in [0.29, 0.717) is 0 Å². The Morgan fingerprint density at radius 2 is 1.82 bits per heavy atom. The molecular weight excluding hydrogens is 180 g/mol. The standard InChI is InChI=1S/C7H16N2S.ClH/c1-5-9(6-2)7(8-3)10-4;/h5-6H2,1-4H3;1H. The molecule has 0 saturated carbocycles. The Morgan fingerprint density at radius 1 is 1.36 bits per heavy atom. The van der Waals surface area contributed by atoms with Gasteiger partial charge in [-0.2, -0.15) is 0 Å². The molecule has 0 aromatic rings. The number of rotatable bonds is 2. The van der Waals surface area contributed by atoms with Gasteiger partial charge in [0.2, 0.25) is 0 Å². The molecule has 0 aliphatic carbocycles. The molecular formula is C7H17ClN2S. The molecule has 68 valence electrons. The van der Waals surface area contributed by atoms with Gasteiger partial charge in [-0.3, -0.25) is 4.99 Å². The fraction of sp³-hybridized carbons (Fsp3) is 0.857. The molecule has 0 aromatic heterocycles. The van der Waals surface area contributed by atoms with Crippen LogP contribution in [0.25, 0.3) is 0 Å². The zero-order chi connectivity index (χ0) is 7.98. The van der Waals surface area contributed by atoms with Gasteiger partial charge in [-0.15, -0.1) is 12.4 Å². The normalized spacial score (nSPS) is 10.7. The summed E-state index contributed by atoms with van der Waals surface area (Å²) in [7, 11) is 1.84. The Morgan fingerprint density at radius 3 is 1.91 bits per heavy atom. The van der Waals surface area contributed by atoms with Crippen LogP contribution in [0.3, 0.4) is 0 Å². The van der Waals surface area contributed by atoms with E-state index in [1.807, 2.05) is 7.05 Å². The van der Waals surface area contributed by atoms with Crippen molar-refractivity contribution in [2.75, 3.05) is 26.4 Å². The molecule has 0 radical (unpaired) electrons. The number of hydrogen-bond donors (Lipinski definition) is 0. The van der Waals surface area contributed by atoms with Crippen LogP contribution in [0.5, 0.6) is 0 Å². The topological polar surface area (TPSA) is 15.6 Å². The van der Waals surface area contributed by atoms with Gasteiger partial charge in [0.05, 0.1) is 0 Å². The monoisotopic (exact) mass is 196 g/mol. The molecule has 0 unspecified atom stereocenters. The summed E-state index contributed by atoms with van der Waals surface area (Å²) in [6.45, 7) is 6.38. The van der Waals surface area contributed by atoms with Crippen LogP contribution in [0, 0.1) is 0 Å². The van der Waals surface area contributed by atoms with E-state index in [-0.39, 0.29) is 12.4 Å². The quantitative estimate of drug-likeness (QED) is 0.497. The predicted octanol–water partition coefficient (Wildman–Crippen LogP) is 2.10. The Hall–Kier alpha value is 0.110. The minimum atomic E-state index is 0. The van der Waals surface area contributed by atoms with E-state index in [2.05, 4.69) is 30.0 Å². The largest absolute Gasteiger partial charge is 0.352 e. The van der Waals surface area contributed by atoms with E-state index in [4.69, 9.17) is 0 Å². The number of halogens is 1. The summed E-state index contributed by atoms with van der Waals surface area (Å²) in [6, 6.07) is 0. The van der Waals surface area contributed by atoms with E-state index < -0.39 is 0 Å². The third-order valence-corrected chi connectivity index (χ3v) is 2.21. The maximum atomic E-state index is 4.15. The summed E-state index contributed by atoms with van der Waals surface area (Å²) in [5.74, 6) is 0. The fourth-order valence-corrected chi connectivity index (χ4v) is 1.55. The Kier molecular flexibility index (Phi) is 10.2. The molecule has 0 heterocycles. The van der Waals surface area contributed by atoms with Crippen LogP contribution in [0.2, 0.25) is 0 Å². The first-order valence-corrected chi connectivity index (χ1v) is 4.78. The van der Waals surface area contributed by atoms with E-state index in [1.54, 1.807) is 11.8 Å². The maximum Gasteiger partial charge on any atom is 0.158 e. The van der Waals surface area contributed by atoms with Gasteiger partial charge in [-0.1, -0.05) is 11.8 Å². The third kappa shape index (κ3) is 4.53. The lowest BCUT2D eigenvalue weighted by molar-refractivity contribution is 0.474. The zero-order valence-electron chi connectivity index (χ0n) is 7.63. The van der Waals surface area contributed by atoms with Crippen molar-refractivity contribution in [1.29, 1.82) is 0 Å². The molecule has 4 heteroatoms. The molecule has 0 aliphatic heterocycles. The smallest absolute Gasteiger partial charge is 0.158 e. The van der Waals surface area contributed by atoms with Crippen LogP contribution in [0.15, 0.2) is 4.99 Å². The second kappa shape index (κ2) is 8.21. The maximum absolute atomic E-state index is 4.15. The van der Waals surface area contributed by atoms with Crippen molar-refractivity contribution in [1.82, 2.24) is 4.90 Å². The number of thioether (sulfide) groups is 1. The molecule has 11 heavy (non-hydrogen) atoms. The molecule has 0 atom stereocenters. The Labute approximate surface area is 79.9 Å². The highest BCUT2D eigenvalue weighted by Crippen LogP contribution is 2.03. The van der Waals surface area contributed by atoms with Crippen molar-refractivity contribution in [3.05, 3.63) is 0 Å². The van der Waals surface area contributed by atoms with E-state index in [1.165, 1.54) is 0 Å². The first-order valence-electron chi connectivity index (χ1n) is 3.55. The second-order valence-electron chi connectivity index (χ2n) is 1.88. The van der Waals surface area contributed by atoms with Gasteiger partial charge in [-0.05, 0) is 20.1 Å². The molecule has 0 rings (SSSR count). The molecule has 0 aromatic carbocycles. The van der Waals surface area contributed by atoms with Gasteiger partial charge < -0.3 is 4.90 Å². The van der Waals surface area contributed by atoms with Crippen molar-refractivity contribution in [2.24, 2.45) is 4.99 Å². The molecule has 0 bridgehead atoms. The van der Waals surface area contributed by atoms with Crippen LogP contribution in [-0.2, 0) is 0 Å². The lowest BCUT2D eigenvalue weighted by Gasteiger charge is -2.20. The van der Waals surface area contributed by atoms with E-state index in [9.17, 15) is 0 Å². The van der Waals surface area contributed by atoms with Crippen LogP contribution in [0.1, 0.15) is 13.8 Å². The summed E-state index contributed by atoms with van der Waals surface area (Å²) in [5.41, 5.74) is 0. The average molecular weight is 197 g/mol. The van der Waals surface area contributed by atoms with E-state index in [0.717, 1.165) is 18.3 Å². The summed E-state index contributed by atoms with van der Waals surface area (Å²) < 4.78 is 0. The fourth-order valence-electron chi connectivity index (χ4n) is 0.856. The highest BCUT2D eigenvalue weighted by molar-refractivity contribution is 8.13. The number of nitrogens with zero attached hydrogens (tertiary/aromatic N) is 2. The average Bonchev–Trinajstić information content (AvgIpc) is 2.00. The first-order chi connectivity index (χ1) is 4.79. The Bertz CT molecular complexity index is 113. The van der Waals surface area contributed by atoms with Crippen LogP contribution in [0.4, 0.5) is 0 Å². The van der Waals surface area contributed by atoms with Gasteiger partial charge in [0.1, 0.15) is 0 Å².